The van der Waals surface area contributed by atoms with Gasteiger partial charge in [0.05, 0.1) is 19.5 Å². The molecule has 0 aliphatic carbocycles. The number of guanidine groups is 1. The van der Waals surface area contributed by atoms with Gasteiger partial charge in [0.25, 0.3) is 0 Å². The Bertz CT molecular complexity index is 366. The standard InChI is InChI=1S/C12H20F6N4/c1-2-19-10(20-5-4-11(13,14)15)21-9-3-6-22(7-9)8-12(16,17)18/h9H,2-8H2,1H3,(H2,19,20,21). The lowest BCUT2D eigenvalue weighted by atomic mass is 10.3. The van der Waals surface area contributed by atoms with Gasteiger partial charge in [-0.3, -0.25) is 9.89 Å². The van der Waals surface area contributed by atoms with Gasteiger partial charge in [-0.15, -0.1) is 0 Å². The van der Waals surface area contributed by atoms with Gasteiger partial charge in [-0.25, -0.2) is 0 Å². The van der Waals surface area contributed by atoms with Gasteiger partial charge in [0.2, 0.25) is 0 Å². The summed E-state index contributed by atoms with van der Waals surface area (Å²) in [5, 5.41) is 5.67. The summed E-state index contributed by atoms with van der Waals surface area (Å²) in [5.41, 5.74) is 0. The van der Waals surface area contributed by atoms with Crippen LogP contribution >= 0.6 is 0 Å². The Morgan fingerprint density at radius 1 is 1.18 bits per heavy atom. The molecule has 1 atom stereocenters. The van der Waals surface area contributed by atoms with Gasteiger partial charge in [0.1, 0.15) is 0 Å². The minimum Gasteiger partial charge on any atom is -0.357 e. The van der Waals surface area contributed by atoms with Crippen LogP contribution in [0.15, 0.2) is 4.99 Å². The minimum absolute atomic E-state index is 0.184. The zero-order chi connectivity index (χ0) is 16.8. The van der Waals surface area contributed by atoms with Crippen molar-refractivity contribution in [3.05, 3.63) is 0 Å². The van der Waals surface area contributed by atoms with Gasteiger partial charge in [-0.1, -0.05) is 0 Å². The number of aliphatic imine (C=N–C) groups is 1. The van der Waals surface area contributed by atoms with E-state index in [1.807, 2.05) is 0 Å². The Labute approximate surface area is 124 Å². The molecule has 130 valence electrons. The Morgan fingerprint density at radius 3 is 2.41 bits per heavy atom. The van der Waals surface area contributed by atoms with Gasteiger partial charge < -0.3 is 10.6 Å². The number of likely N-dealkylation sites (tertiary alicyclic amines) is 1. The zero-order valence-corrected chi connectivity index (χ0v) is 12.2. The van der Waals surface area contributed by atoms with E-state index in [1.165, 1.54) is 4.90 Å². The molecule has 1 heterocycles. The minimum atomic E-state index is -4.28. The van der Waals surface area contributed by atoms with E-state index in [0.717, 1.165) is 0 Å². The van der Waals surface area contributed by atoms with Crippen LogP contribution in [-0.2, 0) is 0 Å². The highest BCUT2D eigenvalue weighted by molar-refractivity contribution is 5.80. The Kier molecular flexibility index (Phi) is 6.76. The second-order valence-electron chi connectivity index (χ2n) is 5.11. The second-order valence-corrected chi connectivity index (χ2v) is 5.11. The number of nitrogens with zero attached hydrogens (tertiary/aromatic N) is 2. The summed E-state index contributed by atoms with van der Waals surface area (Å²) < 4.78 is 73.1. The number of alkyl halides is 6. The van der Waals surface area contributed by atoms with E-state index < -0.39 is 31.9 Å². The van der Waals surface area contributed by atoms with Crippen LogP contribution in [0.1, 0.15) is 19.8 Å². The van der Waals surface area contributed by atoms with Crippen LogP contribution in [0.5, 0.6) is 0 Å². The van der Waals surface area contributed by atoms with E-state index >= 15 is 0 Å². The summed E-state index contributed by atoms with van der Waals surface area (Å²) in [5.74, 6) is 0.200. The molecule has 1 aliphatic rings. The Morgan fingerprint density at radius 2 is 1.86 bits per heavy atom. The summed E-state index contributed by atoms with van der Waals surface area (Å²) in [6.07, 6.45) is -9.08. The summed E-state index contributed by atoms with van der Waals surface area (Å²) in [6, 6.07) is -0.258. The molecule has 0 radical (unpaired) electrons. The van der Waals surface area contributed by atoms with Crippen molar-refractivity contribution in [1.29, 1.82) is 0 Å². The molecule has 10 heteroatoms. The highest BCUT2D eigenvalue weighted by Crippen LogP contribution is 2.20. The summed E-state index contributed by atoms with van der Waals surface area (Å²) in [6.45, 7) is 1.29. The predicted molar refractivity (Wildman–Crippen MR) is 70.7 cm³/mol. The molecule has 1 saturated heterocycles. The van der Waals surface area contributed by atoms with E-state index in [9.17, 15) is 26.3 Å². The lowest BCUT2D eigenvalue weighted by Gasteiger charge is -2.19. The van der Waals surface area contributed by atoms with Crippen LogP contribution in [0.4, 0.5) is 26.3 Å². The van der Waals surface area contributed by atoms with Gasteiger partial charge in [0.15, 0.2) is 5.96 Å². The van der Waals surface area contributed by atoms with E-state index in [-0.39, 0.29) is 18.5 Å². The fraction of sp³-hybridized carbons (Fsp3) is 0.917. The number of hydrogen-bond donors (Lipinski definition) is 2. The average molecular weight is 334 g/mol. The van der Waals surface area contributed by atoms with Gasteiger partial charge >= 0.3 is 12.4 Å². The molecule has 0 spiro atoms. The smallest absolute Gasteiger partial charge is 0.357 e. The maximum absolute atomic E-state index is 12.3. The first kappa shape index (κ1) is 18.9. The van der Waals surface area contributed by atoms with Crippen molar-refractivity contribution in [2.75, 3.05) is 32.7 Å². The number of halogens is 6. The van der Waals surface area contributed by atoms with Crippen LogP contribution in [0.2, 0.25) is 0 Å². The third-order valence-electron chi connectivity index (χ3n) is 3.03. The largest absolute Gasteiger partial charge is 0.401 e. The maximum atomic E-state index is 12.3. The first-order valence-electron chi connectivity index (χ1n) is 7.00. The Hall–Kier alpha value is -1.19. The van der Waals surface area contributed by atoms with Crippen molar-refractivity contribution in [2.45, 2.75) is 38.2 Å². The first-order chi connectivity index (χ1) is 10.1. The topological polar surface area (TPSA) is 39.7 Å². The fourth-order valence-corrected chi connectivity index (χ4v) is 2.16. The lowest BCUT2D eigenvalue weighted by Crippen LogP contribution is -2.45. The third-order valence-corrected chi connectivity index (χ3v) is 3.03. The van der Waals surface area contributed by atoms with Crippen LogP contribution in [0.3, 0.4) is 0 Å². The van der Waals surface area contributed by atoms with E-state index in [1.54, 1.807) is 6.92 Å². The van der Waals surface area contributed by atoms with Crippen molar-refractivity contribution in [1.82, 2.24) is 15.5 Å². The number of rotatable bonds is 5. The molecule has 1 rings (SSSR count). The highest BCUT2D eigenvalue weighted by Gasteiger charge is 2.34. The van der Waals surface area contributed by atoms with Gasteiger partial charge in [-0.05, 0) is 13.3 Å². The van der Waals surface area contributed by atoms with Crippen molar-refractivity contribution in [2.24, 2.45) is 4.99 Å². The summed E-state index contributed by atoms with van der Waals surface area (Å²) in [4.78, 5) is 5.06. The normalized spacial score (nSPS) is 21.2. The SMILES string of the molecule is CCNC(=NCCC(F)(F)F)NC1CCN(CC(F)(F)F)C1. The third kappa shape index (κ3) is 8.30. The van der Waals surface area contributed by atoms with Crippen molar-refractivity contribution < 1.29 is 26.3 Å². The fourth-order valence-electron chi connectivity index (χ4n) is 2.16. The molecule has 0 aromatic carbocycles. The second kappa shape index (κ2) is 7.89. The predicted octanol–water partition coefficient (Wildman–Crippen LogP) is 2.13. The van der Waals surface area contributed by atoms with Crippen molar-refractivity contribution >= 4 is 5.96 Å². The summed E-state index contributed by atoms with van der Waals surface area (Å²) >= 11 is 0. The molecule has 4 nitrogen and oxygen atoms in total. The molecule has 1 aliphatic heterocycles. The Balaban J connectivity index is 2.45. The molecule has 0 bridgehead atoms. The average Bonchev–Trinajstić information content (AvgIpc) is 2.72. The molecular formula is C12H20F6N4. The molecule has 0 aromatic rings. The molecule has 1 unspecified atom stereocenters. The monoisotopic (exact) mass is 334 g/mol. The van der Waals surface area contributed by atoms with Gasteiger partial charge in [0, 0.05) is 25.7 Å². The lowest BCUT2D eigenvalue weighted by molar-refractivity contribution is -0.143. The molecule has 1 fully saturated rings. The van der Waals surface area contributed by atoms with E-state index in [4.69, 9.17) is 0 Å². The quantitative estimate of drug-likeness (QED) is 0.460. The molecule has 2 N–H and O–H groups in total. The summed E-state index contributed by atoms with van der Waals surface area (Å²) in [7, 11) is 0. The van der Waals surface area contributed by atoms with Gasteiger partial charge in [-0.2, -0.15) is 26.3 Å². The maximum Gasteiger partial charge on any atom is 0.401 e. The van der Waals surface area contributed by atoms with Crippen LogP contribution < -0.4 is 10.6 Å². The van der Waals surface area contributed by atoms with E-state index in [2.05, 4.69) is 15.6 Å². The molecule has 22 heavy (non-hydrogen) atoms. The first-order valence-corrected chi connectivity index (χ1v) is 7.00. The van der Waals surface area contributed by atoms with Crippen LogP contribution in [-0.4, -0.2) is 62.0 Å². The molecular weight excluding hydrogens is 314 g/mol. The van der Waals surface area contributed by atoms with Crippen LogP contribution in [0, 0.1) is 0 Å². The molecule has 0 aromatic heterocycles. The molecule has 0 amide bonds. The van der Waals surface area contributed by atoms with Crippen molar-refractivity contribution in [3.63, 3.8) is 0 Å². The van der Waals surface area contributed by atoms with Crippen molar-refractivity contribution in [3.8, 4) is 0 Å². The number of nitrogens with one attached hydrogen (secondary N) is 2. The highest BCUT2D eigenvalue weighted by atomic mass is 19.4. The number of hydrogen-bond acceptors (Lipinski definition) is 2. The van der Waals surface area contributed by atoms with Crippen LogP contribution in [0.25, 0.3) is 0 Å². The zero-order valence-electron chi connectivity index (χ0n) is 12.2. The molecule has 0 saturated carbocycles. The van der Waals surface area contributed by atoms with E-state index in [0.29, 0.717) is 19.5 Å².